The summed E-state index contributed by atoms with van der Waals surface area (Å²) in [5, 5.41) is 19.3. The normalized spacial score (nSPS) is 13.6. The van der Waals surface area contributed by atoms with E-state index in [4.69, 9.17) is 4.52 Å². The molecule has 2 N–H and O–H groups in total. The second-order valence-corrected chi connectivity index (χ2v) is 6.33. The van der Waals surface area contributed by atoms with Crippen LogP contribution < -0.4 is 5.32 Å². The van der Waals surface area contributed by atoms with Gasteiger partial charge in [-0.2, -0.15) is 0 Å². The van der Waals surface area contributed by atoms with Crippen molar-refractivity contribution in [2.24, 2.45) is 0 Å². The molecule has 1 amide bonds. The molecule has 0 bridgehead atoms. The Bertz CT molecular complexity index is 881. The van der Waals surface area contributed by atoms with Gasteiger partial charge in [0.25, 0.3) is 0 Å². The Morgan fingerprint density at radius 2 is 1.92 bits per heavy atom. The first-order valence-electron chi connectivity index (χ1n) is 8.34. The maximum absolute atomic E-state index is 12.4. The first kappa shape index (κ1) is 17.2. The van der Waals surface area contributed by atoms with Gasteiger partial charge in [-0.15, -0.1) is 0 Å². The molecule has 3 aromatic rings. The summed E-state index contributed by atoms with van der Waals surface area (Å²) < 4.78 is 5.12. The van der Waals surface area contributed by atoms with Gasteiger partial charge >= 0.3 is 0 Å². The zero-order valence-corrected chi connectivity index (χ0v) is 14.6. The summed E-state index contributed by atoms with van der Waals surface area (Å²) in [6, 6.07) is 13.8. The highest BCUT2D eigenvalue weighted by atomic mass is 16.5. The number of benzene rings is 2. The molecule has 130 valence electrons. The summed E-state index contributed by atoms with van der Waals surface area (Å²) in [5.41, 5.74) is 2.30. The van der Waals surface area contributed by atoms with Gasteiger partial charge in [0.1, 0.15) is 5.76 Å². The number of nitrogens with one attached hydrogen (secondary N) is 1. The van der Waals surface area contributed by atoms with Crippen LogP contribution in [0, 0.1) is 13.8 Å². The van der Waals surface area contributed by atoms with Gasteiger partial charge in [0.15, 0.2) is 0 Å². The molecular weight excluding hydrogens is 316 g/mol. The minimum Gasteiger partial charge on any atom is -0.387 e. The molecule has 0 aliphatic carbocycles. The lowest BCUT2D eigenvalue weighted by Crippen LogP contribution is -2.32. The summed E-state index contributed by atoms with van der Waals surface area (Å²) in [5.74, 6) is 0.111. The van der Waals surface area contributed by atoms with Crippen molar-refractivity contribution < 1.29 is 14.4 Å². The van der Waals surface area contributed by atoms with E-state index in [-0.39, 0.29) is 18.4 Å². The predicted octanol–water partition coefficient (Wildman–Crippen LogP) is 3.40. The maximum Gasteiger partial charge on any atom is 0.227 e. The molecule has 1 aromatic heterocycles. The lowest BCUT2D eigenvalue weighted by Gasteiger charge is -2.16. The van der Waals surface area contributed by atoms with Crippen molar-refractivity contribution in [3.63, 3.8) is 0 Å². The average molecular weight is 338 g/mol. The number of rotatable bonds is 5. The van der Waals surface area contributed by atoms with Crippen LogP contribution in [0.4, 0.5) is 0 Å². The molecule has 0 saturated heterocycles. The molecule has 0 unspecified atom stereocenters. The number of aliphatic hydroxyl groups excluding tert-OH is 1. The molecule has 2 aromatic carbocycles. The van der Waals surface area contributed by atoms with Gasteiger partial charge in [-0.3, -0.25) is 4.79 Å². The topological polar surface area (TPSA) is 75.4 Å². The van der Waals surface area contributed by atoms with E-state index in [1.807, 2.05) is 56.3 Å². The van der Waals surface area contributed by atoms with Crippen molar-refractivity contribution in [1.82, 2.24) is 10.5 Å². The number of hydrogen-bond acceptors (Lipinski definition) is 4. The Morgan fingerprint density at radius 1 is 1.20 bits per heavy atom. The Labute approximate surface area is 146 Å². The molecule has 0 saturated carbocycles. The first-order chi connectivity index (χ1) is 12.0. The van der Waals surface area contributed by atoms with E-state index in [1.54, 1.807) is 6.92 Å². The fraction of sp³-hybridized carbons (Fsp3) is 0.300. The molecule has 3 rings (SSSR count). The van der Waals surface area contributed by atoms with E-state index < -0.39 is 6.10 Å². The number of fused-ring (bicyclic) bond motifs is 1. The highest BCUT2D eigenvalue weighted by Gasteiger charge is 2.23. The van der Waals surface area contributed by atoms with Gasteiger partial charge in [-0.1, -0.05) is 41.6 Å². The monoisotopic (exact) mass is 338 g/mol. The SMILES string of the molecule is Cc1noc(C)c1[C@@H](C)C(=O)NC[C@@H](O)c1ccc2ccccc2c1. The average Bonchev–Trinajstić information content (AvgIpc) is 2.96. The molecule has 5 nitrogen and oxygen atoms in total. The fourth-order valence-corrected chi connectivity index (χ4v) is 3.12. The van der Waals surface area contributed by atoms with Crippen molar-refractivity contribution in [2.45, 2.75) is 32.8 Å². The third-order valence-corrected chi connectivity index (χ3v) is 4.54. The van der Waals surface area contributed by atoms with Crippen LogP contribution in [0.1, 0.15) is 41.5 Å². The summed E-state index contributed by atoms with van der Waals surface area (Å²) in [7, 11) is 0. The zero-order chi connectivity index (χ0) is 18.0. The summed E-state index contributed by atoms with van der Waals surface area (Å²) in [6.45, 7) is 5.58. The Hall–Kier alpha value is -2.66. The van der Waals surface area contributed by atoms with E-state index in [0.29, 0.717) is 5.76 Å². The number of aliphatic hydroxyl groups is 1. The van der Waals surface area contributed by atoms with Crippen LogP contribution in [0.3, 0.4) is 0 Å². The lowest BCUT2D eigenvalue weighted by molar-refractivity contribution is -0.122. The Morgan fingerprint density at radius 3 is 2.60 bits per heavy atom. The van der Waals surface area contributed by atoms with Gasteiger partial charge in [0, 0.05) is 12.1 Å². The third-order valence-electron chi connectivity index (χ3n) is 4.54. The second-order valence-electron chi connectivity index (χ2n) is 6.33. The number of carbonyl (C=O) groups excluding carboxylic acids is 1. The quantitative estimate of drug-likeness (QED) is 0.748. The molecular formula is C20H22N2O3. The van der Waals surface area contributed by atoms with Crippen LogP contribution in [0.15, 0.2) is 47.0 Å². The summed E-state index contributed by atoms with van der Waals surface area (Å²) in [4.78, 5) is 12.4. The lowest BCUT2D eigenvalue weighted by atomic mass is 9.98. The molecule has 1 heterocycles. The van der Waals surface area contributed by atoms with Crippen molar-refractivity contribution >= 4 is 16.7 Å². The van der Waals surface area contributed by atoms with E-state index in [2.05, 4.69) is 10.5 Å². The van der Waals surface area contributed by atoms with E-state index in [0.717, 1.165) is 27.6 Å². The number of aromatic nitrogens is 1. The Kier molecular flexibility index (Phi) is 4.86. The number of nitrogens with zero attached hydrogens (tertiary/aromatic N) is 1. The highest BCUT2D eigenvalue weighted by Crippen LogP contribution is 2.24. The molecule has 25 heavy (non-hydrogen) atoms. The van der Waals surface area contributed by atoms with E-state index in [1.165, 1.54) is 0 Å². The third kappa shape index (κ3) is 3.56. The molecule has 0 aliphatic heterocycles. The molecule has 0 radical (unpaired) electrons. The van der Waals surface area contributed by atoms with Gasteiger partial charge < -0.3 is 14.9 Å². The van der Waals surface area contributed by atoms with Crippen LogP contribution >= 0.6 is 0 Å². The van der Waals surface area contributed by atoms with Crippen LogP contribution in [0.5, 0.6) is 0 Å². The van der Waals surface area contributed by atoms with Crippen LogP contribution in [-0.4, -0.2) is 22.7 Å². The van der Waals surface area contributed by atoms with Gasteiger partial charge in [-0.05, 0) is 43.2 Å². The molecule has 5 heteroatoms. The largest absolute Gasteiger partial charge is 0.387 e. The number of hydrogen-bond donors (Lipinski definition) is 2. The first-order valence-corrected chi connectivity index (χ1v) is 8.34. The molecule has 0 aliphatic rings. The Balaban J connectivity index is 1.66. The van der Waals surface area contributed by atoms with Crippen molar-refractivity contribution in [2.75, 3.05) is 6.54 Å². The zero-order valence-electron chi connectivity index (χ0n) is 14.6. The van der Waals surface area contributed by atoms with Crippen molar-refractivity contribution in [3.8, 4) is 0 Å². The summed E-state index contributed by atoms with van der Waals surface area (Å²) in [6.07, 6.45) is -0.759. The number of carbonyl (C=O) groups is 1. The smallest absolute Gasteiger partial charge is 0.227 e. The number of amides is 1. The van der Waals surface area contributed by atoms with Crippen LogP contribution in [0.2, 0.25) is 0 Å². The van der Waals surface area contributed by atoms with Gasteiger partial charge in [0.05, 0.1) is 17.7 Å². The minimum atomic E-state index is -0.759. The molecule has 0 spiro atoms. The minimum absolute atomic E-state index is 0.158. The number of aryl methyl sites for hydroxylation is 2. The summed E-state index contributed by atoms with van der Waals surface area (Å²) >= 11 is 0. The van der Waals surface area contributed by atoms with Crippen LogP contribution in [-0.2, 0) is 4.79 Å². The van der Waals surface area contributed by atoms with Gasteiger partial charge in [0.2, 0.25) is 5.91 Å². The molecule has 2 atom stereocenters. The van der Waals surface area contributed by atoms with Crippen molar-refractivity contribution in [1.29, 1.82) is 0 Å². The fourth-order valence-electron chi connectivity index (χ4n) is 3.12. The highest BCUT2D eigenvalue weighted by molar-refractivity contribution is 5.84. The van der Waals surface area contributed by atoms with E-state index in [9.17, 15) is 9.90 Å². The van der Waals surface area contributed by atoms with E-state index >= 15 is 0 Å². The maximum atomic E-state index is 12.4. The van der Waals surface area contributed by atoms with Crippen LogP contribution in [0.25, 0.3) is 10.8 Å². The second kappa shape index (κ2) is 7.07. The molecule has 0 fully saturated rings. The van der Waals surface area contributed by atoms with Crippen molar-refractivity contribution in [3.05, 3.63) is 65.0 Å². The standard InChI is InChI=1S/C20H22N2O3/c1-12(19-13(2)22-25-14(19)3)20(24)21-11-18(23)17-9-8-15-6-4-5-7-16(15)10-17/h4-10,12,18,23H,11H2,1-3H3,(H,21,24)/t12-,18-/m1/s1. The van der Waals surface area contributed by atoms with Gasteiger partial charge in [-0.25, -0.2) is 0 Å². The predicted molar refractivity (Wildman–Crippen MR) is 96.3 cm³/mol.